The van der Waals surface area contributed by atoms with Crippen molar-refractivity contribution in [3.05, 3.63) is 36.1 Å². The average Bonchev–Trinajstić information content (AvgIpc) is 3.17. The lowest BCUT2D eigenvalue weighted by atomic mass is 9.94. The number of nitrogens with zero attached hydrogens (tertiary/aromatic N) is 1. The fourth-order valence-corrected chi connectivity index (χ4v) is 3.94. The van der Waals surface area contributed by atoms with Crippen molar-refractivity contribution >= 4 is 16.9 Å². The molecule has 1 N–H and O–H groups in total. The molecule has 2 aliphatic heterocycles. The Labute approximate surface area is 124 Å². The molecular weight excluding hydrogens is 264 g/mol. The molecule has 4 rings (SSSR count). The topological polar surface area (TPSA) is 45.5 Å². The summed E-state index contributed by atoms with van der Waals surface area (Å²) >= 11 is 0. The highest BCUT2D eigenvalue weighted by Crippen LogP contribution is 2.38. The number of amides is 1. The third-order valence-corrected chi connectivity index (χ3v) is 5.04. The molecule has 2 saturated heterocycles. The molecule has 0 atom stereocenters. The van der Waals surface area contributed by atoms with Crippen molar-refractivity contribution in [1.82, 2.24) is 10.2 Å². The van der Waals surface area contributed by atoms with Crippen LogP contribution in [0.4, 0.5) is 0 Å². The largest absolute Gasteiger partial charge is 0.451 e. The maximum Gasteiger partial charge on any atom is 0.287 e. The molecule has 0 radical (unpaired) electrons. The van der Waals surface area contributed by atoms with E-state index in [9.17, 15) is 4.79 Å². The van der Waals surface area contributed by atoms with Crippen molar-refractivity contribution in [1.29, 1.82) is 0 Å². The van der Waals surface area contributed by atoms with E-state index in [1.807, 2.05) is 30.3 Å². The van der Waals surface area contributed by atoms with Crippen molar-refractivity contribution in [3.63, 3.8) is 0 Å². The number of carbonyl (C=O) groups is 1. The van der Waals surface area contributed by atoms with Gasteiger partial charge in [0.15, 0.2) is 5.76 Å². The molecule has 1 amide bonds. The molecule has 0 saturated carbocycles. The number of carbonyl (C=O) groups excluding carboxylic acids is 1. The standard InChI is InChI=1S/C17H20N2O2/c20-16(15-11-13-5-1-2-6-14(13)21-15)18-12-17-7-3-9-19(17)10-4-8-17/h1-2,5-6,11H,3-4,7-10,12H2,(H,18,20). The van der Waals surface area contributed by atoms with E-state index >= 15 is 0 Å². The van der Waals surface area contributed by atoms with Gasteiger partial charge in [0.25, 0.3) is 5.91 Å². The Morgan fingerprint density at radius 2 is 2.00 bits per heavy atom. The first kappa shape index (κ1) is 12.9. The molecule has 0 aliphatic carbocycles. The van der Waals surface area contributed by atoms with Gasteiger partial charge >= 0.3 is 0 Å². The van der Waals surface area contributed by atoms with Crippen LogP contribution in [0.5, 0.6) is 0 Å². The van der Waals surface area contributed by atoms with Crippen molar-refractivity contribution < 1.29 is 9.21 Å². The number of fused-ring (bicyclic) bond motifs is 2. The van der Waals surface area contributed by atoms with Gasteiger partial charge in [-0.25, -0.2) is 0 Å². The lowest BCUT2D eigenvalue weighted by molar-refractivity contribution is 0.0894. The van der Waals surface area contributed by atoms with E-state index in [4.69, 9.17) is 4.42 Å². The summed E-state index contributed by atoms with van der Waals surface area (Å²) in [5.74, 6) is 0.314. The van der Waals surface area contributed by atoms with Crippen LogP contribution in [0, 0.1) is 0 Å². The van der Waals surface area contributed by atoms with Crippen LogP contribution < -0.4 is 5.32 Å². The lowest BCUT2D eigenvalue weighted by Gasteiger charge is -2.32. The molecule has 110 valence electrons. The zero-order chi connectivity index (χ0) is 14.3. The number of benzene rings is 1. The third kappa shape index (κ3) is 2.14. The molecule has 0 unspecified atom stereocenters. The van der Waals surface area contributed by atoms with Crippen LogP contribution in [-0.4, -0.2) is 36.0 Å². The van der Waals surface area contributed by atoms with Gasteiger partial charge in [0.1, 0.15) is 5.58 Å². The fraction of sp³-hybridized carbons (Fsp3) is 0.471. The number of rotatable bonds is 3. The molecule has 1 aromatic carbocycles. The van der Waals surface area contributed by atoms with Gasteiger partial charge in [0.2, 0.25) is 0 Å². The Hall–Kier alpha value is -1.81. The van der Waals surface area contributed by atoms with Crippen LogP contribution in [0.1, 0.15) is 36.2 Å². The minimum Gasteiger partial charge on any atom is -0.451 e. The van der Waals surface area contributed by atoms with Gasteiger partial charge in [0.05, 0.1) is 0 Å². The van der Waals surface area contributed by atoms with Gasteiger partial charge in [0, 0.05) is 17.5 Å². The summed E-state index contributed by atoms with van der Waals surface area (Å²) in [5.41, 5.74) is 0.978. The summed E-state index contributed by atoms with van der Waals surface area (Å²) < 4.78 is 5.63. The Morgan fingerprint density at radius 3 is 2.76 bits per heavy atom. The predicted octanol–water partition coefficient (Wildman–Crippen LogP) is 2.79. The Bertz CT molecular complexity index is 633. The molecule has 3 heterocycles. The molecule has 2 fully saturated rings. The molecular formula is C17H20N2O2. The quantitative estimate of drug-likeness (QED) is 0.942. The molecule has 21 heavy (non-hydrogen) atoms. The van der Waals surface area contributed by atoms with Crippen molar-refractivity contribution in [2.75, 3.05) is 19.6 Å². The fourth-order valence-electron chi connectivity index (χ4n) is 3.94. The minimum atomic E-state index is -0.0978. The van der Waals surface area contributed by atoms with Gasteiger partial charge in [-0.1, -0.05) is 18.2 Å². The molecule has 2 aliphatic rings. The predicted molar refractivity (Wildman–Crippen MR) is 81.3 cm³/mol. The van der Waals surface area contributed by atoms with Crippen molar-refractivity contribution in [2.24, 2.45) is 0 Å². The second-order valence-corrected chi connectivity index (χ2v) is 6.25. The highest BCUT2D eigenvalue weighted by atomic mass is 16.3. The van der Waals surface area contributed by atoms with Gasteiger partial charge < -0.3 is 9.73 Å². The van der Waals surface area contributed by atoms with Crippen LogP contribution in [0.2, 0.25) is 0 Å². The first-order valence-electron chi connectivity index (χ1n) is 7.79. The number of nitrogens with one attached hydrogen (secondary N) is 1. The molecule has 4 heteroatoms. The van der Waals surface area contributed by atoms with E-state index in [1.54, 1.807) is 0 Å². The zero-order valence-electron chi connectivity index (χ0n) is 12.1. The molecule has 1 aromatic heterocycles. The number of para-hydroxylation sites is 1. The number of furan rings is 1. The summed E-state index contributed by atoms with van der Waals surface area (Å²) in [5, 5.41) is 4.07. The van der Waals surface area contributed by atoms with Crippen molar-refractivity contribution in [2.45, 2.75) is 31.2 Å². The average molecular weight is 284 g/mol. The summed E-state index contributed by atoms with van der Waals surface area (Å²) in [7, 11) is 0. The summed E-state index contributed by atoms with van der Waals surface area (Å²) in [4.78, 5) is 14.9. The van der Waals surface area contributed by atoms with E-state index in [-0.39, 0.29) is 11.4 Å². The van der Waals surface area contributed by atoms with Crippen LogP contribution in [0.15, 0.2) is 34.7 Å². The molecule has 4 nitrogen and oxygen atoms in total. The van der Waals surface area contributed by atoms with Gasteiger partial charge in [-0.2, -0.15) is 0 Å². The Morgan fingerprint density at radius 1 is 1.24 bits per heavy atom. The number of hydrogen-bond acceptors (Lipinski definition) is 3. The second-order valence-electron chi connectivity index (χ2n) is 6.25. The zero-order valence-corrected chi connectivity index (χ0v) is 12.1. The molecule has 0 spiro atoms. The van der Waals surface area contributed by atoms with Crippen LogP contribution >= 0.6 is 0 Å². The third-order valence-electron chi connectivity index (χ3n) is 5.04. The van der Waals surface area contributed by atoms with E-state index in [0.29, 0.717) is 5.76 Å². The van der Waals surface area contributed by atoms with E-state index < -0.39 is 0 Å². The second kappa shape index (κ2) is 4.88. The number of hydrogen-bond donors (Lipinski definition) is 1. The summed E-state index contributed by atoms with van der Waals surface area (Å²) in [6.07, 6.45) is 4.90. The monoisotopic (exact) mass is 284 g/mol. The highest BCUT2D eigenvalue weighted by molar-refractivity contribution is 5.96. The molecule has 2 aromatic rings. The van der Waals surface area contributed by atoms with Crippen LogP contribution in [0.25, 0.3) is 11.0 Å². The smallest absolute Gasteiger partial charge is 0.287 e. The first-order chi connectivity index (χ1) is 10.3. The minimum absolute atomic E-state index is 0.0978. The van der Waals surface area contributed by atoms with Crippen molar-refractivity contribution in [3.8, 4) is 0 Å². The SMILES string of the molecule is O=C(NCC12CCCN1CCC2)c1cc2ccccc2o1. The van der Waals surface area contributed by atoms with Gasteiger partial charge in [-0.05, 0) is 50.9 Å². The van der Waals surface area contributed by atoms with Gasteiger partial charge in [-0.15, -0.1) is 0 Å². The van der Waals surface area contributed by atoms with Crippen LogP contribution in [0.3, 0.4) is 0 Å². The van der Waals surface area contributed by atoms with E-state index in [0.717, 1.165) is 17.5 Å². The normalized spacial score (nSPS) is 20.8. The van der Waals surface area contributed by atoms with Crippen LogP contribution in [-0.2, 0) is 0 Å². The molecule has 0 bridgehead atoms. The maximum absolute atomic E-state index is 12.3. The Balaban J connectivity index is 1.48. The highest BCUT2D eigenvalue weighted by Gasteiger charge is 2.44. The first-order valence-corrected chi connectivity index (χ1v) is 7.79. The van der Waals surface area contributed by atoms with E-state index in [1.165, 1.54) is 38.8 Å². The Kier molecular flexibility index (Phi) is 3.00. The maximum atomic E-state index is 12.3. The lowest BCUT2D eigenvalue weighted by Crippen LogP contribution is -2.48. The summed E-state index contributed by atoms with van der Waals surface area (Å²) in [6, 6.07) is 9.54. The summed E-state index contributed by atoms with van der Waals surface area (Å²) in [6.45, 7) is 3.10. The van der Waals surface area contributed by atoms with E-state index in [2.05, 4.69) is 10.2 Å². The van der Waals surface area contributed by atoms with Gasteiger partial charge in [-0.3, -0.25) is 9.69 Å².